The molecule has 0 unspecified atom stereocenters. The van der Waals surface area contributed by atoms with Gasteiger partial charge in [-0.1, -0.05) is 0 Å². The summed E-state index contributed by atoms with van der Waals surface area (Å²) in [6, 6.07) is 5.59. The maximum atomic E-state index is 5.40. The zero-order chi connectivity index (χ0) is 13.5. The number of ether oxygens (including phenoxy) is 2. The molecule has 0 saturated carbocycles. The minimum atomic E-state index is 0.135. The summed E-state index contributed by atoms with van der Waals surface area (Å²) in [6.45, 7) is 3.93. The molecule has 1 aromatic carbocycles. The van der Waals surface area contributed by atoms with Gasteiger partial charge < -0.3 is 14.8 Å². The van der Waals surface area contributed by atoms with Gasteiger partial charge in [-0.25, -0.2) is 10.8 Å². The van der Waals surface area contributed by atoms with Crippen molar-refractivity contribution in [2.75, 3.05) is 19.5 Å². The lowest BCUT2D eigenvalue weighted by atomic mass is 10.3. The normalized spacial score (nSPS) is 11.3. The van der Waals surface area contributed by atoms with E-state index < -0.39 is 0 Å². The van der Waals surface area contributed by atoms with E-state index >= 15 is 0 Å². The predicted octanol–water partition coefficient (Wildman–Crippen LogP) is 1.34. The topological polar surface area (TPSA) is 80.9 Å². The molecule has 6 heteroatoms. The van der Waals surface area contributed by atoms with Gasteiger partial charge in [-0.3, -0.25) is 5.43 Å². The van der Waals surface area contributed by atoms with Gasteiger partial charge in [0, 0.05) is 29.9 Å². The van der Waals surface area contributed by atoms with Crippen LogP contribution in [0.25, 0.3) is 0 Å². The lowest BCUT2D eigenvalue weighted by Gasteiger charge is -2.12. The number of nitrogens with two attached hydrogens (primary N) is 1. The van der Waals surface area contributed by atoms with Crippen molar-refractivity contribution in [1.82, 2.24) is 5.43 Å². The average molecular weight is 252 g/mol. The van der Waals surface area contributed by atoms with Crippen LogP contribution in [0.3, 0.4) is 0 Å². The van der Waals surface area contributed by atoms with Gasteiger partial charge in [0.05, 0.1) is 14.2 Å². The summed E-state index contributed by atoms with van der Waals surface area (Å²) in [4.78, 5) is 4.29. The fourth-order valence-electron chi connectivity index (χ4n) is 1.38. The fraction of sp³-hybridized carbons (Fsp3) is 0.417. The van der Waals surface area contributed by atoms with Crippen molar-refractivity contribution in [3.63, 3.8) is 0 Å². The molecule has 0 aliphatic rings. The molecule has 0 amide bonds. The maximum Gasteiger partial charge on any atom is 0.210 e. The molecule has 0 atom stereocenters. The van der Waals surface area contributed by atoms with Crippen LogP contribution >= 0.6 is 0 Å². The van der Waals surface area contributed by atoms with Gasteiger partial charge in [-0.2, -0.15) is 0 Å². The highest BCUT2D eigenvalue weighted by Gasteiger charge is 2.04. The van der Waals surface area contributed by atoms with E-state index in [9.17, 15) is 0 Å². The van der Waals surface area contributed by atoms with Gasteiger partial charge in [0.2, 0.25) is 5.96 Å². The molecule has 0 aliphatic carbocycles. The van der Waals surface area contributed by atoms with Crippen LogP contribution in [0.1, 0.15) is 13.8 Å². The molecule has 0 fully saturated rings. The van der Waals surface area contributed by atoms with Crippen molar-refractivity contribution in [2.45, 2.75) is 19.9 Å². The third-order valence-electron chi connectivity index (χ3n) is 2.14. The predicted molar refractivity (Wildman–Crippen MR) is 73.1 cm³/mol. The van der Waals surface area contributed by atoms with Crippen LogP contribution in [0.2, 0.25) is 0 Å². The minimum absolute atomic E-state index is 0.135. The van der Waals surface area contributed by atoms with Gasteiger partial charge in [0.1, 0.15) is 11.5 Å². The summed E-state index contributed by atoms with van der Waals surface area (Å²) < 4.78 is 10.4. The number of aliphatic imine (C=N–C) groups is 1. The largest absolute Gasteiger partial charge is 0.497 e. The maximum absolute atomic E-state index is 5.40. The molecule has 0 aliphatic heterocycles. The minimum Gasteiger partial charge on any atom is -0.497 e. The Morgan fingerprint density at radius 2 is 1.72 bits per heavy atom. The summed E-state index contributed by atoms with van der Waals surface area (Å²) in [5, 5.41) is 3.06. The third-order valence-corrected chi connectivity index (χ3v) is 2.14. The van der Waals surface area contributed by atoms with Gasteiger partial charge in [0.15, 0.2) is 0 Å². The molecular formula is C12H20N4O2. The smallest absolute Gasteiger partial charge is 0.210 e. The standard InChI is InChI=1S/C12H20N4O2/c1-8(2)14-12(16-13)15-9-5-10(17-3)7-11(6-9)18-4/h5-8H,13H2,1-4H3,(H2,14,15,16). The number of hydrogen-bond acceptors (Lipinski definition) is 4. The molecule has 18 heavy (non-hydrogen) atoms. The van der Waals surface area contributed by atoms with Gasteiger partial charge in [-0.15, -0.1) is 0 Å². The van der Waals surface area contributed by atoms with E-state index in [0.29, 0.717) is 17.5 Å². The second-order valence-electron chi connectivity index (χ2n) is 3.94. The van der Waals surface area contributed by atoms with Crippen molar-refractivity contribution in [3.8, 4) is 11.5 Å². The number of rotatable bonds is 4. The summed E-state index contributed by atoms with van der Waals surface area (Å²) >= 11 is 0. The number of anilines is 1. The molecule has 1 rings (SSSR count). The molecule has 0 aromatic heterocycles. The molecule has 0 bridgehead atoms. The number of nitrogens with zero attached hydrogens (tertiary/aromatic N) is 1. The second-order valence-corrected chi connectivity index (χ2v) is 3.94. The lowest BCUT2D eigenvalue weighted by Crippen LogP contribution is -2.36. The molecule has 0 spiro atoms. The average Bonchev–Trinajstić information content (AvgIpc) is 2.36. The molecule has 0 saturated heterocycles. The molecule has 0 radical (unpaired) electrons. The zero-order valence-electron chi connectivity index (χ0n) is 11.2. The van der Waals surface area contributed by atoms with E-state index in [4.69, 9.17) is 15.3 Å². The van der Waals surface area contributed by atoms with Crippen LogP contribution in [0.5, 0.6) is 11.5 Å². The number of hydrazine groups is 1. The Bertz CT molecular complexity index is 396. The number of nitrogens with one attached hydrogen (secondary N) is 2. The van der Waals surface area contributed by atoms with Crippen LogP contribution in [-0.4, -0.2) is 26.2 Å². The quantitative estimate of drug-likeness (QED) is 0.326. The first-order valence-electron chi connectivity index (χ1n) is 5.63. The van der Waals surface area contributed by atoms with E-state index in [1.165, 1.54) is 0 Å². The molecule has 0 heterocycles. The van der Waals surface area contributed by atoms with Crippen molar-refractivity contribution in [2.24, 2.45) is 10.8 Å². The fourth-order valence-corrected chi connectivity index (χ4v) is 1.38. The van der Waals surface area contributed by atoms with Crippen LogP contribution < -0.4 is 26.1 Å². The molecule has 100 valence electrons. The molecular weight excluding hydrogens is 232 g/mol. The highest BCUT2D eigenvalue weighted by Crippen LogP contribution is 2.25. The Balaban J connectivity index is 2.95. The highest BCUT2D eigenvalue weighted by atomic mass is 16.5. The van der Waals surface area contributed by atoms with Crippen molar-refractivity contribution < 1.29 is 9.47 Å². The number of methoxy groups -OCH3 is 2. The second kappa shape index (κ2) is 6.70. The zero-order valence-corrected chi connectivity index (χ0v) is 11.2. The Hall–Kier alpha value is -1.95. The molecule has 6 nitrogen and oxygen atoms in total. The SMILES string of the molecule is COc1cc(NC(=NC(C)C)NN)cc(OC)c1. The Morgan fingerprint density at radius 3 is 2.11 bits per heavy atom. The first-order chi connectivity index (χ1) is 8.58. The van der Waals surface area contributed by atoms with Gasteiger partial charge in [-0.05, 0) is 13.8 Å². The van der Waals surface area contributed by atoms with E-state index in [2.05, 4.69) is 15.7 Å². The summed E-state index contributed by atoms with van der Waals surface area (Å²) in [5.74, 6) is 7.28. The first kappa shape index (κ1) is 14.1. The van der Waals surface area contributed by atoms with E-state index in [1.54, 1.807) is 20.3 Å². The number of guanidine groups is 1. The summed E-state index contributed by atoms with van der Waals surface area (Å²) in [7, 11) is 3.20. The number of benzene rings is 1. The Kier molecular flexibility index (Phi) is 5.26. The van der Waals surface area contributed by atoms with Crippen molar-refractivity contribution >= 4 is 11.6 Å². The van der Waals surface area contributed by atoms with Crippen LogP contribution in [-0.2, 0) is 0 Å². The van der Waals surface area contributed by atoms with Gasteiger partial charge in [0.25, 0.3) is 0 Å². The monoisotopic (exact) mass is 252 g/mol. The summed E-state index contributed by atoms with van der Waals surface area (Å²) in [6.07, 6.45) is 0. The molecule has 1 aromatic rings. The van der Waals surface area contributed by atoms with Crippen LogP contribution in [0.4, 0.5) is 5.69 Å². The Labute approximate surface area is 107 Å². The van der Waals surface area contributed by atoms with E-state index in [1.807, 2.05) is 26.0 Å². The Morgan fingerprint density at radius 1 is 1.17 bits per heavy atom. The van der Waals surface area contributed by atoms with Crippen molar-refractivity contribution in [3.05, 3.63) is 18.2 Å². The van der Waals surface area contributed by atoms with E-state index in [-0.39, 0.29) is 6.04 Å². The number of hydrogen-bond donors (Lipinski definition) is 3. The molecule has 4 N–H and O–H groups in total. The highest BCUT2D eigenvalue weighted by molar-refractivity contribution is 5.93. The van der Waals surface area contributed by atoms with E-state index in [0.717, 1.165) is 5.69 Å². The van der Waals surface area contributed by atoms with Crippen LogP contribution in [0, 0.1) is 0 Å². The lowest BCUT2D eigenvalue weighted by molar-refractivity contribution is 0.395. The summed E-state index contributed by atoms with van der Waals surface area (Å²) in [5.41, 5.74) is 3.30. The first-order valence-corrected chi connectivity index (χ1v) is 5.63. The van der Waals surface area contributed by atoms with Gasteiger partial charge >= 0.3 is 0 Å². The van der Waals surface area contributed by atoms with Crippen LogP contribution in [0.15, 0.2) is 23.2 Å². The van der Waals surface area contributed by atoms with Crippen molar-refractivity contribution in [1.29, 1.82) is 0 Å². The third kappa shape index (κ3) is 4.14.